The van der Waals surface area contributed by atoms with Crippen molar-refractivity contribution in [1.82, 2.24) is 14.5 Å². The summed E-state index contributed by atoms with van der Waals surface area (Å²) in [6.07, 6.45) is 0. The Kier molecular flexibility index (Phi) is 5.40. The molecular formula is C22H19N3O6. The fraction of sp³-hybridized carbons (Fsp3) is 0.182. The zero-order chi connectivity index (χ0) is 22.0. The van der Waals surface area contributed by atoms with Crippen LogP contribution in [0.1, 0.15) is 6.92 Å². The van der Waals surface area contributed by atoms with Crippen molar-refractivity contribution >= 4 is 33.9 Å². The van der Waals surface area contributed by atoms with Crippen LogP contribution in [0.15, 0.2) is 68.6 Å². The van der Waals surface area contributed by atoms with Crippen LogP contribution in [0.4, 0.5) is 0 Å². The molecule has 0 radical (unpaired) electrons. The van der Waals surface area contributed by atoms with Gasteiger partial charge in [0.15, 0.2) is 0 Å². The third-order valence-electron chi connectivity index (χ3n) is 4.71. The van der Waals surface area contributed by atoms with Crippen LogP contribution in [0.25, 0.3) is 27.8 Å². The number of amides is 1. The fourth-order valence-corrected chi connectivity index (χ4v) is 3.38. The number of fused-ring (bicyclic) bond motifs is 3. The summed E-state index contributed by atoms with van der Waals surface area (Å²) >= 11 is 0. The van der Waals surface area contributed by atoms with Gasteiger partial charge in [-0.25, -0.2) is 9.36 Å². The number of benzene rings is 2. The molecule has 0 aliphatic rings. The molecule has 0 fully saturated rings. The molecule has 31 heavy (non-hydrogen) atoms. The average molecular weight is 421 g/mol. The maximum Gasteiger partial charge on any atom is 0.336 e. The molecule has 0 saturated carbocycles. The van der Waals surface area contributed by atoms with E-state index in [1.165, 1.54) is 4.57 Å². The van der Waals surface area contributed by atoms with Crippen LogP contribution in [0.2, 0.25) is 0 Å². The van der Waals surface area contributed by atoms with Gasteiger partial charge in [0.2, 0.25) is 11.5 Å². The highest BCUT2D eigenvalue weighted by molar-refractivity contribution is 6.02. The Hall–Kier alpha value is -4.14. The Morgan fingerprint density at radius 2 is 1.74 bits per heavy atom. The van der Waals surface area contributed by atoms with Gasteiger partial charge in [-0.05, 0) is 31.2 Å². The Morgan fingerprint density at radius 3 is 2.48 bits per heavy atom. The van der Waals surface area contributed by atoms with Gasteiger partial charge in [-0.3, -0.25) is 19.0 Å². The summed E-state index contributed by atoms with van der Waals surface area (Å²) in [5.74, 6) is -1.17. The molecule has 4 rings (SSSR count). The molecule has 0 unspecified atom stereocenters. The number of hydrogen-bond acceptors (Lipinski definition) is 6. The first-order valence-electron chi connectivity index (χ1n) is 9.66. The summed E-state index contributed by atoms with van der Waals surface area (Å²) in [7, 11) is 0. The number of nitrogens with one attached hydrogen (secondary N) is 1. The van der Waals surface area contributed by atoms with Gasteiger partial charge in [0, 0.05) is 5.39 Å². The van der Waals surface area contributed by atoms with Gasteiger partial charge >= 0.3 is 17.2 Å². The van der Waals surface area contributed by atoms with Crippen LogP contribution in [0.5, 0.6) is 0 Å². The van der Waals surface area contributed by atoms with E-state index in [4.69, 9.17) is 9.15 Å². The SMILES string of the molecule is CCOC(=O)CNC(=O)Cn1c(=O)n(-c2ccccc2)c(=O)c2oc3ccccc3c21. The largest absolute Gasteiger partial charge is 0.465 e. The molecule has 0 aliphatic carbocycles. The van der Waals surface area contributed by atoms with Gasteiger partial charge in [0.1, 0.15) is 24.2 Å². The van der Waals surface area contributed by atoms with Crippen LogP contribution in [0, 0.1) is 0 Å². The van der Waals surface area contributed by atoms with E-state index in [-0.39, 0.29) is 24.3 Å². The van der Waals surface area contributed by atoms with Crippen LogP contribution >= 0.6 is 0 Å². The third-order valence-corrected chi connectivity index (χ3v) is 4.71. The van der Waals surface area contributed by atoms with Crippen LogP contribution < -0.4 is 16.6 Å². The van der Waals surface area contributed by atoms with Crippen molar-refractivity contribution in [3.8, 4) is 5.69 Å². The summed E-state index contributed by atoms with van der Waals surface area (Å²) in [6.45, 7) is 1.12. The topological polar surface area (TPSA) is 113 Å². The standard InChI is InChI=1S/C22H19N3O6/c1-2-30-18(27)12-23-17(26)13-24-19-15-10-6-7-11-16(15)31-20(19)21(28)25(22(24)29)14-8-4-3-5-9-14/h3-11H,2,12-13H2,1H3,(H,23,26). The van der Waals surface area contributed by atoms with Crippen molar-refractivity contribution < 1.29 is 18.7 Å². The molecule has 9 heteroatoms. The molecule has 9 nitrogen and oxygen atoms in total. The Labute approximate surface area is 175 Å². The van der Waals surface area contributed by atoms with Gasteiger partial charge in [0.05, 0.1) is 12.3 Å². The minimum atomic E-state index is -0.693. The summed E-state index contributed by atoms with van der Waals surface area (Å²) < 4.78 is 12.7. The number of para-hydroxylation sites is 2. The zero-order valence-corrected chi connectivity index (χ0v) is 16.7. The van der Waals surface area contributed by atoms with Gasteiger partial charge in [-0.2, -0.15) is 0 Å². The predicted molar refractivity (Wildman–Crippen MR) is 113 cm³/mol. The number of ether oxygens (including phenoxy) is 1. The van der Waals surface area contributed by atoms with Gasteiger partial charge < -0.3 is 14.5 Å². The molecule has 1 amide bonds. The quantitative estimate of drug-likeness (QED) is 0.473. The number of carbonyl (C=O) groups is 2. The average Bonchev–Trinajstić information content (AvgIpc) is 3.16. The Morgan fingerprint density at radius 1 is 1.03 bits per heavy atom. The maximum absolute atomic E-state index is 13.3. The molecule has 158 valence electrons. The number of aromatic nitrogens is 2. The molecule has 0 saturated heterocycles. The summed E-state index contributed by atoms with van der Waals surface area (Å²) in [6, 6.07) is 15.3. The van der Waals surface area contributed by atoms with E-state index in [0.717, 1.165) is 4.57 Å². The highest BCUT2D eigenvalue weighted by Gasteiger charge is 2.22. The van der Waals surface area contributed by atoms with Gasteiger partial charge in [-0.1, -0.05) is 30.3 Å². The fourth-order valence-electron chi connectivity index (χ4n) is 3.38. The smallest absolute Gasteiger partial charge is 0.336 e. The van der Waals surface area contributed by atoms with Crippen molar-refractivity contribution in [2.75, 3.05) is 13.2 Å². The van der Waals surface area contributed by atoms with Crippen molar-refractivity contribution in [2.45, 2.75) is 13.5 Å². The zero-order valence-electron chi connectivity index (χ0n) is 16.7. The van der Waals surface area contributed by atoms with Crippen molar-refractivity contribution in [1.29, 1.82) is 0 Å². The third kappa shape index (κ3) is 3.73. The maximum atomic E-state index is 13.3. The number of hydrogen-bond donors (Lipinski definition) is 1. The van der Waals surface area contributed by atoms with Gasteiger partial charge in [0.25, 0.3) is 0 Å². The van der Waals surface area contributed by atoms with Crippen molar-refractivity contribution in [2.24, 2.45) is 0 Å². The lowest BCUT2D eigenvalue weighted by molar-refractivity contribution is -0.143. The predicted octanol–water partition coefficient (Wildman–Crippen LogP) is 1.58. The first-order chi connectivity index (χ1) is 15.0. The first-order valence-corrected chi connectivity index (χ1v) is 9.66. The minimum Gasteiger partial charge on any atom is -0.465 e. The Bertz CT molecular complexity index is 1400. The first kappa shape index (κ1) is 20.1. The van der Waals surface area contributed by atoms with Crippen molar-refractivity contribution in [3.63, 3.8) is 0 Å². The van der Waals surface area contributed by atoms with E-state index in [1.54, 1.807) is 61.5 Å². The van der Waals surface area contributed by atoms with E-state index < -0.39 is 29.7 Å². The highest BCUT2D eigenvalue weighted by Crippen LogP contribution is 2.25. The number of rotatable bonds is 6. The molecule has 0 atom stereocenters. The molecule has 4 aromatic rings. The number of nitrogens with zero attached hydrogens (tertiary/aromatic N) is 2. The second kappa shape index (κ2) is 8.31. The molecule has 2 aromatic heterocycles. The lowest BCUT2D eigenvalue weighted by atomic mass is 10.2. The lowest BCUT2D eigenvalue weighted by Gasteiger charge is -2.12. The summed E-state index contributed by atoms with van der Waals surface area (Å²) in [4.78, 5) is 50.5. The molecule has 0 aliphatic heterocycles. The van der Waals surface area contributed by atoms with Crippen LogP contribution in [-0.2, 0) is 20.9 Å². The van der Waals surface area contributed by atoms with Crippen LogP contribution in [-0.4, -0.2) is 34.2 Å². The van der Waals surface area contributed by atoms with E-state index in [0.29, 0.717) is 16.7 Å². The summed E-state index contributed by atoms with van der Waals surface area (Å²) in [5.41, 5.74) is -0.361. The van der Waals surface area contributed by atoms with Gasteiger partial charge in [-0.15, -0.1) is 0 Å². The molecule has 0 bridgehead atoms. The molecule has 0 spiro atoms. The molecule has 2 aromatic carbocycles. The molecule has 1 N–H and O–H groups in total. The number of esters is 1. The van der Waals surface area contributed by atoms with Crippen LogP contribution in [0.3, 0.4) is 0 Å². The number of carbonyl (C=O) groups excluding carboxylic acids is 2. The lowest BCUT2D eigenvalue weighted by Crippen LogP contribution is -2.42. The Balaban J connectivity index is 1.88. The highest BCUT2D eigenvalue weighted by atomic mass is 16.5. The summed E-state index contributed by atoms with van der Waals surface area (Å²) in [5, 5.41) is 2.96. The molecule has 2 heterocycles. The van der Waals surface area contributed by atoms with E-state index in [1.807, 2.05) is 0 Å². The van der Waals surface area contributed by atoms with E-state index >= 15 is 0 Å². The normalized spacial score (nSPS) is 11.0. The van der Waals surface area contributed by atoms with E-state index in [9.17, 15) is 19.2 Å². The van der Waals surface area contributed by atoms with E-state index in [2.05, 4.69) is 5.32 Å². The minimum absolute atomic E-state index is 0.0390. The second-order valence-corrected chi connectivity index (χ2v) is 6.70. The second-order valence-electron chi connectivity index (χ2n) is 6.70. The van der Waals surface area contributed by atoms with Crippen molar-refractivity contribution in [3.05, 3.63) is 75.4 Å². The number of furan rings is 1. The monoisotopic (exact) mass is 421 g/mol. The molecular weight excluding hydrogens is 402 g/mol.